The third-order valence-electron chi connectivity index (χ3n) is 1.41. The first kappa shape index (κ1) is 6.33. The van der Waals surface area contributed by atoms with Crippen LogP contribution in [-0.4, -0.2) is 12.3 Å². The Kier molecular flexibility index (Phi) is 1.88. The van der Waals surface area contributed by atoms with Crippen molar-refractivity contribution in [3.8, 4) is 0 Å². The molecule has 1 aliphatic rings. The molecule has 1 rings (SSSR count). The Morgan fingerprint density at radius 2 is 2.33 bits per heavy atom. The summed E-state index contributed by atoms with van der Waals surface area (Å²) in [5.41, 5.74) is 0. The van der Waals surface area contributed by atoms with Crippen molar-refractivity contribution < 1.29 is 0 Å². The normalized spacial score (nSPS) is 24.6. The summed E-state index contributed by atoms with van der Waals surface area (Å²) >= 11 is 0. The molecule has 1 atom stereocenters. The third kappa shape index (κ3) is 1.56. The fourth-order valence-electron chi connectivity index (χ4n) is 0.747. The van der Waals surface area contributed by atoms with Gasteiger partial charge >= 0.3 is 0 Å². The molecule has 1 aliphatic heterocycles. The SMILES string of the molecule is CC(C)C1C=NC=CN1. The van der Waals surface area contributed by atoms with Gasteiger partial charge in [0.15, 0.2) is 0 Å². The first-order valence-corrected chi connectivity index (χ1v) is 3.25. The van der Waals surface area contributed by atoms with E-state index in [9.17, 15) is 0 Å². The lowest BCUT2D eigenvalue weighted by Gasteiger charge is -2.17. The van der Waals surface area contributed by atoms with E-state index in [1.807, 2.05) is 12.4 Å². The molecule has 0 aromatic rings. The van der Waals surface area contributed by atoms with Crippen molar-refractivity contribution in [1.82, 2.24) is 5.32 Å². The molecule has 0 amide bonds. The molecule has 9 heavy (non-hydrogen) atoms. The zero-order valence-corrected chi connectivity index (χ0v) is 5.83. The van der Waals surface area contributed by atoms with E-state index in [0.717, 1.165) is 0 Å². The molecule has 0 spiro atoms. The molecule has 2 heteroatoms. The summed E-state index contributed by atoms with van der Waals surface area (Å²) in [7, 11) is 0. The van der Waals surface area contributed by atoms with Gasteiger partial charge in [0.1, 0.15) is 0 Å². The van der Waals surface area contributed by atoms with E-state index >= 15 is 0 Å². The maximum absolute atomic E-state index is 4.01. The van der Waals surface area contributed by atoms with Gasteiger partial charge in [0.25, 0.3) is 0 Å². The minimum atomic E-state index is 0.426. The molecule has 0 aliphatic carbocycles. The maximum atomic E-state index is 4.01. The quantitative estimate of drug-likeness (QED) is 0.557. The van der Waals surface area contributed by atoms with Crippen LogP contribution in [0.5, 0.6) is 0 Å². The van der Waals surface area contributed by atoms with Gasteiger partial charge in [-0.2, -0.15) is 0 Å². The molecular weight excluding hydrogens is 112 g/mol. The second-order valence-electron chi connectivity index (χ2n) is 2.55. The first-order valence-electron chi connectivity index (χ1n) is 3.25. The van der Waals surface area contributed by atoms with E-state index in [1.165, 1.54) is 0 Å². The van der Waals surface area contributed by atoms with E-state index < -0.39 is 0 Å². The molecule has 0 fully saturated rings. The summed E-state index contributed by atoms with van der Waals surface area (Å²) in [4.78, 5) is 4.01. The molecule has 0 aromatic carbocycles. The average Bonchev–Trinajstić information content (AvgIpc) is 1.90. The fourth-order valence-corrected chi connectivity index (χ4v) is 0.747. The van der Waals surface area contributed by atoms with E-state index in [1.54, 1.807) is 6.20 Å². The van der Waals surface area contributed by atoms with E-state index in [-0.39, 0.29) is 0 Å². The predicted molar refractivity (Wildman–Crippen MR) is 39.4 cm³/mol. The highest BCUT2D eigenvalue weighted by Gasteiger charge is 2.08. The largest absolute Gasteiger partial charge is 0.382 e. The maximum Gasteiger partial charge on any atom is 0.0633 e. The highest BCUT2D eigenvalue weighted by Crippen LogP contribution is 2.00. The smallest absolute Gasteiger partial charge is 0.0633 e. The van der Waals surface area contributed by atoms with Crippen molar-refractivity contribution in [1.29, 1.82) is 0 Å². The highest BCUT2D eigenvalue weighted by molar-refractivity contribution is 5.66. The number of hydrogen-bond acceptors (Lipinski definition) is 2. The Bertz CT molecular complexity index is 136. The summed E-state index contributed by atoms with van der Waals surface area (Å²) in [5, 5.41) is 3.19. The van der Waals surface area contributed by atoms with Crippen LogP contribution in [0.1, 0.15) is 13.8 Å². The summed E-state index contributed by atoms with van der Waals surface area (Å²) in [6.45, 7) is 4.34. The lowest BCUT2D eigenvalue weighted by Crippen LogP contribution is -2.32. The van der Waals surface area contributed by atoms with Crippen LogP contribution in [0.25, 0.3) is 0 Å². The van der Waals surface area contributed by atoms with Crippen molar-refractivity contribution in [3.05, 3.63) is 12.4 Å². The van der Waals surface area contributed by atoms with Crippen LogP contribution < -0.4 is 5.32 Å². The molecule has 0 saturated heterocycles. The Labute approximate surface area is 55.7 Å². The number of hydrogen-bond donors (Lipinski definition) is 1. The van der Waals surface area contributed by atoms with Gasteiger partial charge in [0, 0.05) is 18.6 Å². The van der Waals surface area contributed by atoms with Crippen molar-refractivity contribution in [2.24, 2.45) is 10.9 Å². The van der Waals surface area contributed by atoms with Crippen LogP contribution in [0, 0.1) is 5.92 Å². The summed E-state index contributed by atoms with van der Waals surface area (Å²) in [5.74, 6) is 0.624. The Morgan fingerprint density at radius 1 is 1.56 bits per heavy atom. The van der Waals surface area contributed by atoms with E-state index in [0.29, 0.717) is 12.0 Å². The van der Waals surface area contributed by atoms with Crippen molar-refractivity contribution in [2.45, 2.75) is 19.9 Å². The second-order valence-corrected chi connectivity index (χ2v) is 2.55. The van der Waals surface area contributed by atoms with Crippen LogP contribution in [0.4, 0.5) is 0 Å². The molecule has 1 unspecified atom stereocenters. The van der Waals surface area contributed by atoms with Gasteiger partial charge in [0.05, 0.1) is 6.04 Å². The molecule has 0 saturated carbocycles. The Balaban J connectivity index is 2.46. The molecule has 50 valence electrons. The van der Waals surface area contributed by atoms with Gasteiger partial charge in [-0.3, -0.25) is 4.99 Å². The number of aliphatic imine (C=N–C) groups is 1. The van der Waals surface area contributed by atoms with Gasteiger partial charge in [0.2, 0.25) is 0 Å². The van der Waals surface area contributed by atoms with E-state index in [4.69, 9.17) is 0 Å². The van der Waals surface area contributed by atoms with Crippen molar-refractivity contribution in [3.63, 3.8) is 0 Å². The van der Waals surface area contributed by atoms with Gasteiger partial charge in [-0.05, 0) is 5.92 Å². The first-order chi connectivity index (χ1) is 4.30. The lowest BCUT2D eigenvalue weighted by molar-refractivity contribution is 0.542. The summed E-state index contributed by atoms with van der Waals surface area (Å²) in [6.07, 6.45) is 5.58. The highest BCUT2D eigenvalue weighted by atomic mass is 14.9. The van der Waals surface area contributed by atoms with Gasteiger partial charge in [-0.25, -0.2) is 0 Å². The van der Waals surface area contributed by atoms with Crippen LogP contribution in [0.15, 0.2) is 17.4 Å². The van der Waals surface area contributed by atoms with Crippen LogP contribution >= 0.6 is 0 Å². The minimum Gasteiger partial charge on any atom is -0.382 e. The minimum absolute atomic E-state index is 0.426. The number of nitrogens with one attached hydrogen (secondary N) is 1. The van der Waals surface area contributed by atoms with Crippen molar-refractivity contribution >= 4 is 6.21 Å². The third-order valence-corrected chi connectivity index (χ3v) is 1.41. The molecule has 0 aromatic heterocycles. The van der Waals surface area contributed by atoms with Gasteiger partial charge in [-0.1, -0.05) is 13.8 Å². The topological polar surface area (TPSA) is 24.4 Å². The molecule has 0 bridgehead atoms. The Morgan fingerprint density at radius 3 is 2.67 bits per heavy atom. The van der Waals surface area contributed by atoms with Crippen molar-refractivity contribution in [2.75, 3.05) is 0 Å². The number of rotatable bonds is 1. The summed E-state index contributed by atoms with van der Waals surface area (Å²) in [6, 6.07) is 0.426. The molecule has 0 radical (unpaired) electrons. The Hall–Kier alpha value is -0.790. The van der Waals surface area contributed by atoms with E-state index in [2.05, 4.69) is 24.2 Å². The van der Waals surface area contributed by atoms with Crippen LogP contribution in [0.3, 0.4) is 0 Å². The molecular formula is C7H12N2. The van der Waals surface area contributed by atoms with Crippen LogP contribution in [0.2, 0.25) is 0 Å². The van der Waals surface area contributed by atoms with Crippen LogP contribution in [-0.2, 0) is 0 Å². The second kappa shape index (κ2) is 2.67. The van der Waals surface area contributed by atoms with Gasteiger partial charge in [-0.15, -0.1) is 0 Å². The molecule has 1 heterocycles. The lowest BCUT2D eigenvalue weighted by atomic mass is 10.1. The number of nitrogens with zero attached hydrogens (tertiary/aromatic N) is 1. The molecule has 2 nitrogen and oxygen atoms in total. The monoisotopic (exact) mass is 124 g/mol. The zero-order valence-electron chi connectivity index (χ0n) is 5.83. The molecule has 1 N–H and O–H groups in total. The predicted octanol–water partition coefficient (Wildman–Crippen LogP) is 1.16. The van der Waals surface area contributed by atoms with Gasteiger partial charge < -0.3 is 5.32 Å². The zero-order chi connectivity index (χ0) is 6.69. The average molecular weight is 124 g/mol. The fraction of sp³-hybridized carbons (Fsp3) is 0.571. The standard InChI is InChI=1S/C7H12N2/c1-6(2)7-5-8-3-4-9-7/h3-7,9H,1-2H3. The summed E-state index contributed by atoms with van der Waals surface area (Å²) < 4.78 is 0.